The van der Waals surface area contributed by atoms with E-state index in [0.29, 0.717) is 17.8 Å². The Morgan fingerprint density at radius 3 is 2.95 bits per heavy atom. The number of rotatable bonds is 5. The first-order valence-corrected chi connectivity index (χ1v) is 8.20. The molecule has 1 fully saturated rings. The molecule has 1 aromatic carbocycles. The Balaban J connectivity index is 1.94. The molecule has 1 saturated heterocycles. The minimum atomic E-state index is -0.109. The van der Waals surface area contributed by atoms with Crippen LogP contribution in [0.25, 0.3) is 0 Å². The van der Waals surface area contributed by atoms with E-state index >= 15 is 0 Å². The van der Waals surface area contributed by atoms with Crippen molar-refractivity contribution in [3.8, 4) is 5.75 Å². The van der Waals surface area contributed by atoms with Crippen LogP contribution in [0.15, 0.2) is 28.8 Å². The maximum absolute atomic E-state index is 5.49. The zero-order chi connectivity index (χ0) is 14.7. The lowest BCUT2D eigenvalue weighted by molar-refractivity contribution is 0.372. The zero-order valence-corrected chi connectivity index (χ0v) is 13.0. The molecule has 6 heteroatoms. The van der Waals surface area contributed by atoms with E-state index in [4.69, 9.17) is 9.26 Å². The first kappa shape index (κ1) is 14.4. The molecule has 1 aromatic heterocycles. The number of ether oxygens (including phenoxy) is 1. The van der Waals surface area contributed by atoms with Gasteiger partial charge in [0.2, 0.25) is 5.89 Å². The molecule has 0 radical (unpaired) electrons. The maximum atomic E-state index is 5.49. The number of para-hydroxylation sites is 1. The number of hydrogen-bond acceptors (Lipinski definition) is 6. The molecule has 1 N–H and O–H groups in total. The van der Waals surface area contributed by atoms with E-state index in [1.807, 2.05) is 36.0 Å². The van der Waals surface area contributed by atoms with Crippen molar-refractivity contribution in [1.29, 1.82) is 0 Å². The Hall–Kier alpha value is -1.53. The lowest BCUT2D eigenvalue weighted by atomic mass is 10.0. The number of nitrogens with zero attached hydrogens (tertiary/aromatic N) is 2. The Morgan fingerprint density at radius 2 is 2.29 bits per heavy atom. The van der Waals surface area contributed by atoms with Gasteiger partial charge in [0.1, 0.15) is 11.8 Å². The number of aromatic nitrogens is 2. The van der Waals surface area contributed by atoms with Gasteiger partial charge < -0.3 is 9.26 Å². The van der Waals surface area contributed by atoms with Gasteiger partial charge in [0.05, 0.1) is 7.11 Å². The first-order valence-electron chi connectivity index (χ1n) is 7.05. The summed E-state index contributed by atoms with van der Waals surface area (Å²) < 4.78 is 10.6. The fourth-order valence-corrected chi connectivity index (χ4v) is 3.71. The molecule has 3 rings (SSSR count). The van der Waals surface area contributed by atoms with Crippen molar-refractivity contribution in [3.63, 3.8) is 0 Å². The Bertz CT molecular complexity index is 596. The van der Waals surface area contributed by atoms with Gasteiger partial charge in [-0.1, -0.05) is 23.4 Å². The lowest BCUT2D eigenvalue weighted by Gasteiger charge is -2.22. The van der Waals surface area contributed by atoms with Crippen LogP contribution >= 0.6 is 11.8 Å². The van der Waals surface area contributed by atoms with Crippen molar-refractivity contribution in [2.45, 2.75) is 25.4 Å². The number of aryl methyl sites for hydroxylation is 1. The van der Waals surface area contributed by atoms with Crippen LogP contribution in [0, 0.1) is 6.92 Å². The quantitative estimate of drug-likeness (QED) is 0.916. The predicted molar refractivity (Wildman–Crippen MR) is 82.7 cm³/mol. The van der Waals surface area contributed by atoms with Crippen LogP contribution in [0.5, 0.6) is 5.75 Å². The average Bonchev–Trinajstić information content (AvgIpc) is 3.16. The third kappa shape index (κ3) is 3.22. The molecule has 1 aliphatic rings. The fraction of sp³-hybridized carbons (Fsp3) is 0.467. The molecule has 1 aliphatic heterocycles. The normalized spacial score (nSPS) is 19.6. The molecule has 0 bridgehead atoms. The molecule has 112 valence electrons. The molecule has 2 heterocycles. The largest absolute Gasteiger partial charge is 0.496 e. The van der Waals surface area contributed by atoms with Crippen molar-refractivity contribution in [2.75, 3.05) is 18.6 Å². The summed E-state index contributed by atoms with van der Waals surface area (Å²) >= 11 is 1.97. The molecule has 5 nitrogen and oxygen atoms in total. The zero-order valence-electron chi connectivity index (χ0n) is 12.2. The molecule has 2 aromatic rings. The molecular weight excluding hydrogens is 286 g/mol. The van der Waals surface area contributed by atoms with Gasteiger partial charge >= 0.3 is 0 Å². The summed E-state index contributed by atoms with van der Waals surface area (Å²) in [5.41, 5.74) is 1.04. The van der Waals surface area contributed by atoms with Gasteiger partial charge in [-0.05, 0) is 18.2 Å². The van der Waals surface area contributed by atoms with Crippen LogP contribution in [0.3, 0.4) is 0 Å². The third-order valence-corrected chi connectivity index (χ3v) is 4.75. The van der Waals surface area contributed by atoms with E-state index in [9.17, 15) is 0 Å². The molecule has 0 spiro atoms. The highest BCUT2D eigenvalue weighted by molar-refractivity contribution is 7.99. The standard InChI is InChI=1S/C15H19N3O2S/c1-10-16-15(18-20-10)14(17-11-7-8-21-9-11)12-5-3-4-6-13(12)19-2/h3-6,11,14,17H,7-9H2,1-2H3/t11-,14-/m1/s1. The second kappa shape index (κ2) is 6.49. The minimum Gasteiger partial charge on any atom is -0.496 e. The summed E-state index contributed by atoms with van der Waals surface area (Å²) in [6.45, 7) is 1.81. The fourth-order valence-electron chi connectivity index (χ4n) is 2.54. The van der Waals surface area contributed by atoms with Crippen LogP contribution in [0.4, 0.5) is 0 Å². The Kier molecular flexibility index (Phi) is 4.45. The smallest absolute Gasteiger partial charge is 0.223 e. The average molecular weight is 305 g/mol. The monoisotopic (exact) mass is 305 g/mol. The summed E-state index contributed by atoms with van der Waals surface area (Å²) in [5.74, 6) is 4.38. The van der Waals surface area contributed by atoms with Crippen molar-refractivity contribution in [1.82, 2.24) is 15.5 Å². The van der Waals surface area contributed by atoms with Gasteiger partial charge in [0, 0.05) is 24.3 Å². The molecule has 21 heavy (non-hydrogen) atoms. The van der Waals surface area contributed by atoms with Gasteiger partial charge in [-0.3, -0.25) is 5.32 Å². The summed E-state index contributed by atoms with van der Waals surface area (Å²) in [7, 11) is 1.68. The van der Waals surface area contributed by atoms with E-state index in [-0.39, 0.29) is 6.04 Å². The predicted octanol–water partition coefficient (Wildman–Crippen LogP) is 2.57. The highest BCUT2D eigenvalue weighted by Crippen LogP contribution is 2.30. The summed E-state index contributed by atoms with van der Waals surface area (Å²) in [6, 6.07) is 8.32. The van der Waals surface area contributed by atoms with Crippen molar-refractivity contribution < 1.29 is 9.26 Å². The molecule has 0 saturated carbocycles. The number of thioether (sulfide) groups is 1. The van der Waals surface area contributed by atoms with Crippen LogP contribution in [0.1, 0.15) is 29.7 Å². The van der Waals surface area contributed by atoms with Gasteiger partial charge in [0.15, 0.2) is 5.82 Å². The van der Waals surface area contributed by atoms with Gasteiger partial charge in [-0.25, -0.2) is 0 Å². The Labute approximate surface area is 128 Å². The van der Waals surface area contributed by atoms with Crippen molar-refractivity contribution in [3.05, 3.63) is 41.5 Å². The number of methoxy groups -OCH3 is 1. The van der Waals surface area contributed by atoms with Crippen LogP contribution in [-0.4, -0.2) is 34.8 Å². The summed E-state index contributed by atoms with van der Waals surface area (Å²) in [4.78, 5) is 4.40. The molecule has 0 amide bonds. The van der Waals surface area contributed by atoms with E-state index in [1.54, 1.807) is 14.0 Å². The molecular formula is C15H19N3O2S. The van der Waals surface area contributed by atoms with Crippen molar-refractivity contribution in [2.24, 2.45) is 0 Å². The van der Waals surface area contributed by atoms with Gasteiger partial charge in [-0.15, -0.1) is 0 Å². The van der Waals surface area contributed by atoms with Gasteiger partial charge in [0.25, 0.3) is 0 Å². The Morgan fingerprint density at radius 1 is 1.43 bits per heavy atom. The van der Waals surface area contributed by atoms with E-state index in [0.717, 1.165) is 23.5 Å². The number of benzene rings is 1. The van der Waals surface area contributed by atoms with Gasteiger partial charge in [-0.2, -0.15) is 16.7 Å². The second-order valence-electron chi connectivity index (χ2n) is 5.07. The minimum absolute atomic E-state index is 0.109. The topological polar surface area (TPSA) is 60.2 Å². The lowest BCUT2D eigenvalue weighted by Crippen LogP contribution is -2.34. The molecule has 0 aliphatic carbocycles. The second-order valence-corrected chi connectivity index (χ2v) is 6.22. The van der Waals surface area contributed by atoms with Crippen LogP contribution < -0.4 is 10.1 Å². The van der Waals surface area contributed by atoms with E-state index in [1.165, 1.54) is 5.75 Å². The summed E-state index contributed by atoms with van der Waals surface area (Å²) in [5, 5.41) is 7.75. The highest BCUT2D eigenvalue weighted by Gasteiger charge is 2.27. The summed E-state index contributed by atoms with van der Waals surface area (Å²) in [6.07, 6.45) is 1.16. The maximum Gasteiger partial charge on any atom is 0.223 e. The molecule has 0 unspecified atom stereocenters. The van der Waals surface area contributed by atoms with E-state index in [2.05, 4.69) is 15.5 Å². The van der Waals surface area contributed by atoms with Crippen LogP contribution in [-0.2, 0) is 0 Å². The SMILES string of the molecule is COc1ccccc1[C@@H](N[C@@H]1CCSC1)c1noc(C)n1. The van der Waals surface area contributed by atoms with Crippen molar-refractivity contribution >= 4 is 11.8 Å². The van der Waals surface area contributed by atoms with E-state index < -0.39 is 0 Å². The number of nitrogens with one attached hydrogen (secondary N) is 1. The van der Waals surface area contributed by atoms with Crippen LogP contribution in [0.2, 0.25) is 0 Å². The highest BCUT2D eigenvalue weighted by atomic mass is 32.2. The molecule has 2 atom stereocenters. The first-order chi connectivity index (χ1) is 10.3. The number of hydrogen-bond donors (Lipinski definition) is 1. The third-order valence-electron chi connectivity index (χ3n) is 3.58.